The van der Waals surface area contributed by atoms with E-state index >= 15 is 0 Å². The number of hydrogen-bond acceptors (Lipinski definition) is 5. The number of hydrogen-bond donors (Lipinski definition) is 1. The maximum Gasteiger partial charge on any atom is 0.273 e. The van der Waals surface area contributed by atoms with Crippen LogP contribution in [-0.4, -0.2) is 27.0 Å². The van der Waals surface area contributed by atoms with E-state index in [2.05, 4.69) is 5.32 Å². The summed E-state index contributed by atoms with van der Waals surface area (Å²) in [7, 11) is -3.62. The van der Waals surface area contributed by atoms with Crippen molar-refractivity contribution in [2.24, 2.45) is 0 Å². The first-order valence-electron chi connectivity index (χ1n) is 10.1. The molecule has 0 unspecified atom stereocenters. The second-order valence-electron chi connectivity index (χ2n) is 7.60. The van der Waals surface area contributed by atoms with Gasteiger partial charge >= 0.3 is 0 Å². The molecule has 1 N–H and O–H groups in total. The van der Waals surface area contributed by atoms with Crippen molar-refractivity contribution in [1.82, 2.24) is 0 Å². The van der Waals surface area contributed by atoms with Crippen molar-refractivity contribution in [1.29, 1.82) is 0 Å². The van der Waals surface area contributed by atoms with Gasteiger partial charge in [0.25, 0.3) is 15.9 Å². The summed E-state index contributed by atoms with van der Waals surface area (Å²) in [5.74, 6) is 0.439. The molecule has 0 bridgehead atoms. The Bertz CT molecular complexity index is 1170. The fourth-order valence-electron chi connectivity index (χ4n) is 3.55. The van der Waals surface area contributed by atoms with Crippen molar-refractivity contribution in [3.05, 3.63) is 71.1 Å². The zero-order valence-electron chi connectivity index (χ0n) is 17.4. The minimum atomic E-state index is -3.62. The molecule has 0 spiro atoms. The highest BCUT2D eigenvalue weighted by atomic mass is 32.2. The largest absolute Gasteiger partial charge is 0.491 e. The number of amides is 1. The highest BCUT2D eigenvalue weighted by Crippen LogP contribution is 2.35. The van der Waals surface area contributed by atoms with Gasteiger partial charge in [-0.15, -0.1) is 11.3 Å². The second-order valence-corrected chi connectivity index (χ2v) is 10.6. The topological polar surface area (TPSA) is 75.7 Å². The number of fused-ring (bicyclic) bond motifs is 1. The van der Waals surface area contributed by atoms with Crippen LogP contribution in [0.25, 0.3) is 0 Å². The molecule has 6 nitrogen and oxygen atoms in total. The van der Waals surface area contributed by atoms with Gasteiger partial charge in [0.2, 0.25) is 0 Å². The molecule has 0 atom stereocenters. The third-order valence-electron chi connectivity index (χ3n) is 4.95. The van der Waals surface area contributed by atoms with E-state index in [9.17, 15) is 13.2 Å². The first-order chi connectivity index (χ1) is 14.8. The van der Waals surface area contributed by atoms with Crippen LogP contribution >= 0.6 is 11.3 Å². The summed E-state index contributed by atoms with van der Waals surface area (Å²) in [6.07, 6.45) is 1.62. The molecule has 4 rings (SSSR count). The molecule has 0 fully saturated rings. The number of thiophene rings is 1. The molecule has 1 aliphatic heterocycles. The number of anilines is 2. The Hall–Kier alpha value is -2.84. The summed E-state index contributed by atoms with van der Waals surface area (Å²) >= 11 is 1.21. The molecule has 1 aromatic heterocycles. The van der Waals surface area contributed by atoms with Crippen LogP contribution in [0.5, 0.6) is 5.75 Å². The highest BCUT2D eigenvalue weighted by Gasteiger charge is 2.30. The Kier molecular flexibility index (Phi) is 6.02. The van der Waals surface area contributed by atoms with Crippen LogP contribution in [0.1, 0.15) is 36.2 Å². The van der Waals surface area contributed by atoms with Crippen LogP contribution < -0.4 is 14.4 Å². The Labute approximate surface area is 186 Å². The van der Waals surface area contributed by atoms with Crippen LogP contribution in [0.15, 0.2) is 64.2 Å². The van der Waals surface area contributed by atoms with E-state index in [0.29, 0.717) is 33.4 Å². The zero-order chi connectivity index (χ0) is 22.0. The first-order valence-corrected chi connectivity index (χ1v) is 12.4. The molecule has 162 valence electrons. The van der Waals surface area contributed by atoms with E-state index in [1.165, 1.54) is 15.6 Å². The number of carbonyl (C=O) groups excluding carboxylic acids is 1. The number of rotatable bonds is 6. The van der Waals surface area contributed by atoms with Crippen LogP contribution in [0.2, 0.25) is 0 Å². The van der Waals surface area contributed by atoms with Crippen molar-refractivity contribution in [3.8, 4) is 5.75 Å². The Morgan fingerprint density at radius 3 is 2.58 bits per heavy atom. The first kappa shape index (κ1) is 21.4. The number of aryl methyl sites for hydroxylation is 1. The van der Waals surface area contributed by atoms with E-state index in [-0.39, 0.29) is 12.0 Å². The van der Waals surface area contributed by atoms with Gasteiger partial charge in [-0.25, -0.2) is 8.42 Å². The Morgan fingerprint density at radius 1 is 1.13 bits per heavy atom. The molecule has 2 aromatic carbocycles. The summed E-state index contributed by atoms with van der Waals surface area (Å²) in [6.45, 7) is 4.30. The molecular formula is C23H24N2O4S2. The lowest BCUT2D eigenvalue weighted by Crippen LogP contribution is -2.35. The molecule has 1 aliphatic rings. The van der Waals surface area contributed by atoms with Crippen LogP contribution in [-0.2, 0) is 16.4 Å². The van der Waals surface area contributed by atoms with Gasteiger partial charge in [-0.3, -0.25) is 9.10 Å². The minimum Gasteiger partial charge on any atom is -0.491 e. The molecule has 2 heterocycles. The summed E-state index contributed by atoms with van der Waals surface area (Å²) in [5, 5.41) is 4.63. The predicted molar refractivity (Wildman–Crippen MR) is 124 cm³/mol. The second kappa shape index (κ2) is 8.72. The number of benzene rings is 2. The molecule has 1 amide bonds. The number of nitrogens with one attached hydrogen (secondary N) is 1. The van der Waals surface area contributed by atoms with E-state index in [4.69, 9.17) is 4.74 Å². The standard InChI is InChI=1S/C23H24N2O4S2/c1-16(2)29-20-11-8-18(9-12-20)23(26)24-19-10-7-17-5-3-13-25(21(17)15-19)31(27,28)22-6-4-14-30-22/h4,6-12,14-16H,3,5,13H2,1-2H3,(H,24,26). The molecule has 31 heavy (non-hydrogen) atoms. The van der Waals surface area contributed by atoms with Crippen molar-refractivity contribution in [3.63, 3.8) is 0 Å². The lowest BCUT2D eigenvalue weighted by molar-refractivity contribution is 0.102. The average molecular weight is 457 g/mol. The van der Waals surface area contributed by atoms with E-state index in [0.717, 1.165) is 18.4 Å². The molecule has 0 saturated heterocycles. The molecule has 0 radical (unpaired) electrons. The SMILES string of the molecule is CC(C)Oc1ccc(C(=O)Nc2ccc3c(c2)N(S(=O)(=O)c2cccs2)CCC3)cc1. The van der Waals surface area contributed by atoms with Gasteiger partial charge in [-0.05, 0) is 80.1 Å². The van der Waals surface area contributed by atoms with Gasteiger partial charge in [0.1, 0.15) is 9.96 Å². The van der Waals surface area contributed by atoms with Crippen molar-refractivity contribution in [2.75, 3.05) is 16.2 Å². The van der Waals surface area contributed by atoms with Crippen LogP contribution in [0, 0.1) is 0 Å². The Morgan fingerprint density at radius 2 is 1.90 bits per heavy atom. The fraction of sp³-hybridized carbons (Fsp3) is 0.261. The van der Waals surface area contributed by atoms with Crippen molar-refractivity contribution >= 4 is 38.6 Å². The maximum atomic E-state index is 13.1. The summed E-state index contributed by atoms with van der Waals surface area (Å²) in [4.78, 5) is 12.7. The van der Waals surface area contributed by atoms with Gasteiger partial charge in [-0.1, -0.05) is 12.1 Å². The van der Waals surface area contributed by atoms with Gasteiger partial charge < -0.3 is 10.1 Å². The quantitative estimate of drug-likeness (QED) is 0.571. The van der Waals surface area contributed by atoms with Crippen molar-refractivity contribution < 1.29 is 17.9 Å². The molecule has 0 aliphatic carbocycles. The number of sulfonamides is 1. The maximum absolute atomic E-state index is 13.1. The number of ether oxygens (including phenoxy) is 1. The highest BCUT2D eigenvalue weighted by molar-refractivity contribution is 7.94. The number of carbonyl (C=O) groups is 1. The molecule has 8 heteroatoms. The summed E-state index contributed by atoms with van der Waals surface area (Å²) in [6, 6.07) is 15.7. The van der Waals surface area contributed by atoms with Gasteiger partial charge in [0, 0.05) is 17.8 Å². The average Bonchev–Trinajstić information content (AvgIpc) is 3.29. The third-order valence-corrected chi connectivity index (χ3v) is 8.13. The Balaban J connectivity index is 1.57. The lowest BCUT2D eigenvalue weighted by atomic mass is 10.0. The van der Waals surface area contributed by atoms with E-state index in [1.807, 2.05) is 26.0 Å². The fourth-order valence-corrected chi connectivity index (χ4v) is 6.19. The number of nitrogens with zero attached hydrogens (tertiary/aromatic N) is 1. The molecule has 0 saturated carbocycles. The van der Waals surface area contributed by atoms with E-state index < -0.39 is 10.0 Å². The van der Waals surface area contributed by atoms with Gasteiger partial charge in [0.05, 0.1) is 11.8 Å². The molecule has 3 aromatic rings. The predicted octanol–water partition coefficient (Wildman–Crippen LogP) is 4.93. The summed E-state index contributed by atoms with van der Waals surface area (Å²) in [5.41, 5.74) is 2.63. The monoisotopic (exact) mass is 456 g/mol. The van der Waals surface area contributed by atoms with Crippen LogP contribution in [0.4, 0.5) is 11.4 Å². The van der Waals surface area contributed by atoms with E-state index in [1.54, 1.807) is 47.8 Å². The normalized spacial score (nSPS) is 13.7. The van der Waals surface area contributed by atoms with Crippen LogP contribution in [0.3, 0.4) is 0 Å². The van der Waals surface area contributed by atoms with Gasteiger partial charge in [0.15, 0.2) is 0 Å². The van der Waals surface area contributed by atoms with Crippen molar-refractivity contribution in [2.45, 2.75) is 37.0 Å². The minimum absolute atomic E-state index is 0.0589. The smallest absolute Gasteiger partial charge is 0.273 e. The lowest BCUT2D eigenvalue weighted by Gasteiger charge is -2.30. The zero-order valence-corrected chi connectivity index (χ0v) is 19.0. The third kappa shape index (κ3) is 4.60. The molecular weight excluding hydrogens is 432 g/mol. The summed E-state index contributed by atoms with van der Waals surface area (Å²) < 4.78 is 33.6. The van der Waals surface area contributed by atoms with Gasteiger partial charge in [-0.2, -0.15) is 0 Å².